The van der Waals surface area contributed by atoms with Crippen LogP contribution in [0.5, 0.6) is 11.6 Å². The Balaban J connectivity index is 1.50. The summed E-state index contributed by atoms with van der Waals surface area (Å²) >= 11 is 0. The van der Waals surface area contributed by atoms with Gasteiger partial charge in [-0.05, 0) is 24.3 Å². The van der Waals surface area contributed by atoms with Crippen molar-refractivity contribution in [1.29, 1.82) is 0 Å². The van der Waals surface area contributed by atoms with Gasteiger partial charge >= 0.3 is 0 Å². The molecule has 3 aromatic rings. The third-order valence-corrected chi connectivity index (χ3v) is 3.70. The molecule has 1 heterocycles. The second-order valence-electron chi connectivity index (χ2n) is 5.46. The average molecular weight is 337 g/mol. The number of nitrogens with zero attached hydrogens (tertiary/aromatic N) is 3. The van der Waals surface area contributed by atoms with Gasteiger partial charge in [-0.2, -0.15) is 0 Å². The number of aromatic nitrogens is 2. The first-order valence-electron chi connectivity index (χ1n) is 7.98. The van der Waals surface area contributed by atoms with Crippen molar-refractivity contribution < 1.29 is 14.3 Å². The molecule has 1 aromatic heterocycles. The van der Waals surface area contributed by atoms with Crippen LogP contribution in [0.3, 0.4) is 0 Å². The number of amides is 1. The number of benzene rings is 2. The number of likely N-dealkylation sites (N-methyl/N-ethyl adjacent to an activating group) is 1. The fraction of sp³-hybridized carbons (Fsp3) is 0.211. The fourth-order valence-electron chi connectivity index (χ4n) is 2.28. The molecule has 0 atom stereocenters. The Morgan fingerprint density at radius 1 is 1.00 bits per heavy atom. The van der Waals surface area contributed by atoms with E-state index in [2.05, 4.69) is 9.97 Å². The highest BCUT2D eigenvalue weighted by Gasteiger charge is 2.12. The molecule has 3 rings (SSSR count). The van der Waals surface area contributed by atoms with E-state index in [9.17, 15) is 4.79 Å². The van der Waals surface area contributed by atoms with Gasteiger partial charge in [0.25, 0.3) is 5.91 Å². The maximum atomic E-state index is 12.2. The van der Waals surface area contributed by atoms with Crippen LogP contribution in [0, 0.1) is 0 Å². The lowest BCUT2D eigenvalue weighted by Crippen LogP contribution is -2.34. The molecule has 0 bridgehead atoms. The van der Waals surface area contributed by atoms with Gasteiger partial charge in [0, 0.05) is 7.05 Å². The molecular weight excluding hydrogens is 318 g/mol. The molecule has 0 radical (unpaired) electrons. The predicted molar refractivity (Wildman–Crippen MR) is 94.6 cm³/mol. The molecule has 0 spiro atoms. The van der Waals surface area contributed by atoms with Crippen LogP contribution >= 0.6 is 0 Å². The SMILES string of the molecule is CN(CCOc1ccccc1)C(=O)COc1ncnc2ccccc12. The first-order valence-corrected chi connectivity index (χ1v) is 7.98. The van der Waals surface area contributed by atoms with Crippen LogP contribution in [0.25, 0.3) is 10.9 Å². The van der Waals surface area contributed by atoms with Gasteiger partial charge < -0.3 is 14.4 Å². The maximum absolute atomic E-state index is 12.2. The molecule has 0 aliphatic carbocycles. The molecular formula is C19H19N3O3. The van der Waals surface area contributed by atoms with E-state index in [4.69, 9.17) is 9.47 Å². The van der Waals surface area contributed by atoms with E-state index in [1.54, 1.807) is 11.9 Å². The van der Waals surface area contributed by atoms with E-state index in [1.807, 2.05) is 54.6 Å². The molecule has 2 aromatic carbocycles. The van der Waals surface area contributed by atoms with Crippen molar-refractivity contribution in [3.05, 3.63) is 60.9 Å². The van der Waals surface area contributed by atoms with Crippen molar-refractivity contribution in [3.63, 3.8) is 0 Å². The van der Waals surface area contributed by atoms with Gasteiger partial charge in [-0.25, -0.2) is 9.97 Å². The van der Waals surface area contributed by atoms with E-state index < -0.39 is 0 Å². The Hall–Kier alpha value is -3.15. The first-order chi connectivity index (χ1) is 12.2. The molecule has 0 saturated heterocycles. The lowest BCUT2D eigenvalue weighted by atomic mass is 10.2. The Morgan fingerprint density at radius 3 is 2.60 bits per heavy atom. The third-order valence-electron chi connectivity index (χ3n) is 3.70. The number of carbonyl (C=O) groups is 1. The van der Waals surface area contributed by atoms with Crippen LogP contribution < -0.4 is 9.47 Å². The second-order valence-corrected chi connectivity index (χ2v) is 5.46. The average Bonchev–Trinajstić information content (AvgIpc) is 2.66. The van der Waals surface area contributed by atoms with Gasteiger partial charge in [0.1, 0.15) is 18.7 Å². The van der Waals surface area contributed by atoms with Gasteiger partial charge in [0.15, 0.2) is 6.61 Å². The molecule has 0 aliphatic rings. The Morgan fingerprint density at radius 2 is 1.76 bits per heavy atom. The lowest BCUT2D eigenvalue weighted by molar-refractivity contribution is -0.132. The van der Waals surface area contributed by atoms with E-state index >= 15 is 0 Å². The minimum atomic E-state index is -0.139. The van der Waals surface area contributed by atoms with E-state index in [0.717, 1.165) is 16.7 Å². The molecule has 0 N–H and O–H groups in total. The minimum Gasteiger partial charge on any atom is -0.492 e. The van der Waals surface area contributed by atoms with Crippen molar-refractivity contribution in [2.75, 3.05) is 26.8 Å². The molecule has 0 saturated carbocycles. The molecule has 25 heavy (non-hydrogen) atoms. The van der Waals surface area contributed by atoms with Crippen molar-refractivity contribution >= 4 is 16.8 Å². The van der Waals surface area contributed by atoms with Gasteiger partial charge in [-0.15, -0.1) is 0 Å². The quantitative estimate of drug-likeness (QED) is 0.663. The van der Waals surface area contributed by atoms with Crippen molar-refractivity contribution in [1.82, 2.24) is 14.9 Å². The van der Waals surface area contributed by atoms with Gasteiger partial charge in [0.05, 0.1) is 17.4 Å². The summed E-state index contributed by atoms with van der Waals surface area (Å²) in [5, 5.41) is 0.785. The topological polar surface area (TPSA) is 64.5 Å². The summed E-state index contributed by atoms with van der Waals surface area (Å²) in [7, 11) is 1.72. The lowest BCUT2D eigenvalue weighted by Gasteiger charge is -2.17. The molecule has 0 fully saturated rings. The zero-order valence-electron chi connectivity index (χ0n) is 14.0. The van der Waals surface area contributed by atoms with Crippen LogP contribution in [0.4, 0.5) is 0 Å². The summed E-state index contributed by atoms with van der Waals surface area (Å²) in [5.41, 5.74) is 0.782. The summed E-state index contributed by atoms with van der Waals surface area (Å²) in [6.45, 7) is 0.813. The monoisotopic (exact) mass is 337 g/mol. The molecule has 1 amide bonds. The summed E-state index contributed by atoms with van der Waals surface area (Å²) in [6, 6.07) is 17.0. The Labute approximate surface area is 146 Å². The number of ether oxygens (including phenoxy) is 2. The third kappa shape index (κ3) is 4.44. The molecule has 6 heteroatoms. The van der Waals surface area contributed by atoms with Crippen LogP contribution in [0.15, 0.2) is 60.9 Å². The normalized spacial score (nSPS) is 10.4. The molecule has 0 aliphatic heterocycles. The van der Waals surface area contributed by atoms with Crippen LogP contribution in [0.2, 0.25) is 0 Å². The van der Waals surface area contributed by atoms with Gasteiger partial charge in [0.2, 0.25) is 5.88 Å². The van der Waals surface area contributed by atoms with Crippen LogP contribution in [0.1, 0.15) is 0 Å². The predicted octanol–water partition coefficient (Wildman–Crippen LogP) is 2.55. The fourth-order valence-corrected chi connectivity index (χ4v) is 2.28. The summed E-state index contributed by atoms with van der Waals surface area (Å²) in [6.07, 6.45) is 1.43. The highest BCUT2D eigenvalue weighted by atomic mass is 16.5. The smallest absolute Gasteiger partial charge is 0.260 e. The summed E-state index contributed by atoms with van der Waals surface area (Å²) < 4.78 is 11.2. The summed E-state index contributed by atoms with van der Waals surface area (Å²) in [4.78, 5) is 22.1. The largest absolute Gasteiger partial charge is 0.492 e. The number of fused-ring (bicyclic) bond motifs is 1. The second kappa shape index (κ2) is 8.10. The van der Waals surface area contributed by atoms with Crippen LogP contribution in [-0.4, -0.2) is 47.6 Å². The molecule has 0 unspecified atom stereocenters. The number of hydrogen-bond acceptors (Lipinski definition) is 5. The Bertz CT molecular complexity index is 834. The van der Waals surface area contributed by atoms with E-state index in [1.165, 1.54) is 6.33 Å². The standard InChI is InChI=1S/C19H19N3O3/c1-22(11-12-24-15-7-3-2-4-8-15)18(23)13-25-19-16-9-5-6-10-17(16)20-14-21-19/h2-10,14H,11-13H2,1H3. The van der Waals surface area contributed by atoms with Crippen molar-refractivity contribution in [2.45, 2.75) is 0 Å². The van der Waals surface area contributed by atoms with Crippen LogP contribution in [-0.2, 0) is 4.79 Å². The van der Waals surface area contributed by atoms with E-state index in [-0.39, 0.29) is 12.5 Å². The van der Waals surface area contributed by atoms with Crippen molar-refractivity contribution in [2.24, 2.45) is 0 Å². The van der Waals surface area contributed by atoms with Gasteiger partial charge in [-0.1, -0.05) is 30.3 Å². The molecule has 128 valence electrons. The number of rotatable bonds is 7. The minimum absolute atomic E-state index is 0.0805. The number of para-hydroxylation sites is 2. The maximum Gasteiger partial charge on any atom is 0.260 e. The Kier molecular flexibility index (Phi) is 5.41. The zero-order valence-corrected chi connectivity index (χ0v) is 14.0. The number of hydrogen-bond donors (Lipinski definition) is 0. The van der Waals surface area contributed by atoms with E-state index in [0.29, 0.717) is 19.0 Å². The summed E-state index contributed by atoms with van der Waals surface area (Å²) in [5.74, 6) is 1.05. The zero-order chi connectivity index (χ0) is 17.5. The highest BCUT2D eigenvalue weighted by molar-refractivity contribution is 5.83. The molecule has 6 nitrogen and oxygen atoms in total. The number of carbonyl (C=O) groups excluding carboxylic acids is 1. The van der Waals surface area contributed by atoms with Crippen molar-refractivity contribution in [3.8, 4) is 11.6 Å². The van der Waals surface area contributed by atoms with Gasteiger partial charge in [-0.3, -0.25) is 4.79 Å². The first kappa shape index (κ1) is 16.7. The highest BCUT2D eigenvalue weighted by Crippen LogP contribution is 2.20.